The van der Waals surface area contributed by atoms with Crippen LogP contribution in [0.5, 0.6) is 5.75 Å². The summed E-state index contributed by atoms with van der Waals surface area (Å²) in [6, 6.07) is 24.2. The molecule has 1 aromatic heterocycles. The minimum Gasteiger partial charge on any atom is -0.497 e. The van der Waals surface area contributed by atoms with Crippen molar-refractivity contribution in [3.05, 3.63) is 120 Å². The van der Waals surface area contributed by atoms with E-state index in [0.717, 1.165) is 24.0 Å². The van der Waals surface area contributed by atoms with Crippen molar-refractivity contribution in [2.24, 2.45) is 0 Å². The maximum absolute atomic E-state index is 14.1. The highest BCUT2D eigenvalue weighted by atomic mass is 16.5. The standard InChI is InChI=1S/C36H41N5O5/c1-3-4-19-46-36(28-13-9-6-10-14-28)23-41(24-36)35(44)32(20-26-15-17-30(45-2)18-16-26)40-34(43)31(21-29-22-37-25-38-29)39-33(42)27-11-7-5-8-12-27/h5-18,22,25,31-32H,3-4,19-21,23-24H2,1-2H3,(H,37,38)(H,39,42)(H,40,43)/t31-,32-/m0/s1. The summed E-state index contributed by atoms with van der Waals surface area (Å²) in [5.41, 5.74) is 2.37. The summed E-state index contributed by atoms with van der Waals surface area (Å²) in [7, 11) is 1.59. The van der Waals surface area contributed by atoms with Crippen LogP contribution in [0.2, 0.25) is 0 Å². The normalized spacial score (nSPS) is 14.9. The monoisotopic (exact) mass is 623 g/mol. The van der Waals surface area contributed by atoms with Gasteiger partial charge in [-0.3, -0.25) is 14.4 Å². The summed E-state index contributed by atoms with van der Waals surface area (Å²) in [6.07, 6.45) is 5.47. The van der Waals surface area contributed by atoms with E-state index in [0.29, 0.717) is 36.7 Å². The molecule has 2 atom stereocenters. The molecule has 0 unspecified atom stereocenters. The molecule has 4 aromatic rings. The van der Waals surface area contributed by atoms with E-state index in [4.69, 9.17) is 9.47 Å². The van der Waals surface area contributed by atoms with Crippen LogP contribution in [-0.2, 0) is 32.8 Å². The molecule has 3 N–H and O–H groups in total. The molecule has 1 aliphatic rings. The van der Waals surface area contributed by atoms with Gasteiger partial charge in [-0.15, -0.1) is 0 Å². The number of benzene rings is 3. The average molecular weight is 624 g/mol. The number of imidazole rings is 1. The summed E-state index contributed by atoms with van der Waals surface area (Å²) in [4.78, 5) is 50.0. The van der Waals surface area contributed by atoms with Gasteiger partial charge in [0.2, 0.25) is 11.8 Å². The highest BCUT2D eigenvalue weighted by Crippen LogP contribution is 2.36. The van der Waals surface area contributed by atoms with Crippen LogP contribution in [0, 0.1) is 0 Å². The highest BCUT2D eigenvalue weighted by Gasteiger charge is 2.49. The molecule has 1 aliphatic heterocycles. The molecule has 1 fully saturated rings. The predicted octanol–water partition coefficient (Wildman–Crippen LogP) is 4.04. The van der Waals surface area contributed by atoms with E-state index in [2.05, 4.69) is 27.5 Å². The number of nitrogens with zero attached hydrogens (tertiary/aromatic N) is 2. The molecule has 10 heteroatoms. The van der Waals surface area contributed by atoms with Crippen molar-refractivity contribution in [2.45, 2.75) is 50.3 Å². The Morgan fingerprint density at radius 1 is 0.913 bits per heavy atom. The minimum absolute atomic E-state index is 0.167. The Balaban J connectivity index is 1.37. The van der Waals surface area contributed by atoms with Crippen molar-refractivity contribution in [3.63, 3.8) is 0 Å². The average Bonchev–Trinajstić information content (AvgIpc) is 3.59. The zero-order chi connectivity index (χ0) is 32.4. The Bertz CT molecular complexity index is 1560. The Hall–Kier alpha value is -4.96. The summed E-state index contributed by atoms with van der Waals surface area (Å²) >= 11 is 0. The lowest BCUT2D eigenvalue weighted by Gasteiger charge is -2.51. The smallest absolute Gasteiger partial charge is 0.251 e. The molecule has 3 amide bonds. The topological polar surface area (TPSA) is 126 Å². The van der Waals surface area contributed by atoms with Crippen molar-refractivity contribution in [1.29, 1.82) is 0 Å². The zero-order valence-electron chi connectivity index (χ0n) is 26.3. The molecular weight excluding hydrogens is 582 g/mol. The lowest BCUT2D eigenvalue weighted by Crippen LogP contribution is -2.66. The fraction of sp³-hybridized carbons (Fsp3) is 0.333. The molecule has 5 rings (SSSR count). The van der Waals surface area contributed by atoms with Crippen molar-refractivity contribution >= 4 is 17.7 Å². The van der Waals surface area contributed by atoms with Gasteiger partial charge in [0.05, 0.1) is 26.5 Å². The molecule has 3 aromatic carbocycles. The maximum Gasteiger partial charge on any atom is 0.251 e. The van der Waals surface area contributed by atoms with Gasteiger partial charge in [-0.25, -0.2) is 4.98 Å². The number of hydrogen-bond donors (Lipinski definition) is 3. The Morgan fingerprint density at radius 2 is 1.61 bits per heavy atom. The van der Waals surface area contributed by atoms with Gasteiger partial charge in [-0.05, 0) is 41.8 Å². The van der Waals surface area contributed by atoms with E-state index in [1.165, 1.54) is 6.33 Å². The SMILES string of the molecule is CCCCOC1(c2ccccc2)CN(C(=O)[C@H](Cc2ccc(OC)cc2)NC(=O)[C@H](Cc2cnc[nH]2)NC(=O)c2ccccc2)C1. The number of H-pyrrole nitrogens is 1. The molecule has 1 saturated heterocycles. The Kier molecular flexibility index (Phi) is 10.8. The summed E-state index contributed by atoms with van der Waals surface area (Å²) in [5.74, 6) is -0.388. The molecule has 46 heavy (non-hydrogen) atoms. The van der Waals surface area contributed by atoms with Gasteiger partial charge in [-0.2, -0.15) is 0 Å². The largest absolute Gasteiger partial charge is 0.497 e. The van der Waals surface area contributed by atoms with Crippen LogP contribution < -0.4 is 15.4 Å². The number of aromatic amines is 1. The van der Waals surface area contributed by atoms with Gasteiger partial charge in [0, 0.05) is 36.9 Å². The van der Waals surface area contributed by atoms with E-state index < -0.39 is 29.5 Å². The fourth-order valence-electron chi connectivity index (χ4n) is 5.58. The number of carbonyl (C=O) groups excluding carboxylic acids is 3. The molecule has 2 heterocycles. The van der Waals surface area contributed by atoms with E-state index in [-0.39, 0.29) is 18.7 Å². The second-order valence-corrected chi connectivity index (χ2v) is 11.5. The van der Waals surface area contributed by atoms with Crippen molar-refractivity contribution in [3.8, 4) is 5.75 Å². The molecule has 240 valence electrons. The van der Waals surface area contributed by atoms with Gasteiger partial charge in [0.1, 0.15) is 23.4 Å². The first-order valence-electron chi connectivity index (χ1n) is 15.7. The van der Waals surface area contributed by atoms with Crippen LogP contribution >= 0.6 is 0 Å². The third-order valence-electron chi connectivity index (χ3n) is 8.23. The molecular formula is C36H41N5O5. The first kappa shape index (κ1) is 32.4. The van der Waals surface area contributed by atoms with E-state index >= 15 is 0 Å². The third kappa shape index (κ3) is 8.00. The van der Waals surface area contributed by atoms with Gasteiger partial charge < -0.3 is 30.0 Å². The molecule has 0 radical (unpaired) electrons. The zero-order valence-corrected chi connectivity index (χ0v) is 26.3. The third-order valence-corrected chi connectivity index (χ3v) is 8.23. The molecule has 0 spiro atoms. The number of unbranched alkanes of at least 4 members (excludes halogenated alkanes) is 1. The summed E-state index contributed by atoms with van der Waals surface area (Å²) < 4.78 is 11.7. The number of ether oxygens (including phenoxy) is 2. The number of methoxy groups -OCH3 is 1. The lowest BCUT2D eigenvalue weighted by atomic mass is 9.84. The number of nitrogens with one attached hydrogen (secondary N) is 3. The second-order valence-electron chi connectivity index (χ2n) is 11.5. The van der Waals surface area contributed by atoms with Crippen LogP contribution in [0.25, 0.3) is 0 Å². The predicted molar refractivity (Wildman–Crippen MR) is 174 cm³/mol. The van der Waals surface area contributed by atoms with Gasteiger partial charge >= 0.3 is 0 Å². The summed E-state index contributed by atoms with van der Waals surface area (Å²) in [5, 5.41) is 5.84. The number of amides is 3. The number of hydrogen-bond acceptors (Lipinski definition) is 6. The van der Waals surface area contributed by atoms with Crippen LogP contribution in [-0.4, -0.2) is 71.5 Å². The summed E-state index contributed by atoms with van der Waals surface area (Å²) in [6.45, 7) is 3.45. The molecule has 0 saturated carbocycles. The van der Waals surface area contributed by atoms with Gasteiger partial charge in [0.25, 0.3) is 5.91 Å². The lowest BCUT2D eigenvalue weighted by molar-refractivity contribution is -0.175. The second kappa shape index (κ2) is 15.4. The number of likely N-dealkylation sites (tertiary alicyclic amines) is 1. The maximum atomic E-state index is 14.1. The first-order chi connectivity index (χ1) is 22.4. The Labute approximate surface area is 269 Å². The number of carbonyl (C=O) groups is 3. The van der Waals surface area contributed by atoms with Gasteiger partial charge in [0.15, 0.2) is 0 Å². The van der Waals surface area contributed by atoms with Crippen LogP contribution in [0.3, 0.4) is 0 Å². The number of rotatable bonds is 15. The minimum atomic E-state index is -0.962. The van der Waals surface area contributed by atoms with E-state index in [9.17, 15) is 14.4 Å². The van der Waals surface area contributed by atoms with Crippen LogP contribution in [0.1, 0.15) is 46.9 Å². The van der Waals surface area contributed by atoms with E-state index in [1.807, 2.05) is 60.7 Å². The Morgan fingerprint density at radius 3 is 2.24 bits per heavy atom. The van der Waals surface area contributed by atoms with Crippen molar-refractivity contribution < 1.29 is 23.9 Å². The van der Waals surface area contributed by atoms with Crippen molar-refractivity contribution in [1.82, 2.24) is 25.5 Å². The quantitative estimate of drug-likeness (QED) is 0.172. The molecule has 0 aliphatic carbocycles. The number of aromatic nitrogens is 2. The van der Waals surface area contributed by atoms with Crippen molar-refractivity contribution in [2.75, 3.05) is 26.8 Å². The van der Waals surface area contributed by atoms with Crippen LogP contribution in [0.4, 0.5) is 0 Å². The van der Waals surface area contributed by atoms with Crippen LogP contribution in [0.15, 0.2) is 97.5 Å². The molecule has 10 nitrogen and oxygen atoms in total. The first-order valence-corrected chi connectivity index (χ1v) is 15.7. The molecule has 0 bridgehead atoms. The van der Waals surface area contributed by atoms with Gasteiger partial charge in [-0.1, -0.05) is 74.0 Å². The fourth-order valence-corrected chi connectivity index (χ4v) is 5.58. The van der Waals surface area contributed by atoms with E-state index in [1.54, 1.807) is 42.5 Å². The highest BCUT2D eigenvalue weighted by molar-refractivity contribution is 5.98.